The normalized spacial score (nSPS) is 16.1. The molecule has 0 spiro atoms. The van der Waals surface area contributed by atoms with E-state index in [0.29, 0.717) is 12.0 Å². The van der Waals surface area contributed by atoms with E-state index in [1.165, 1.54) is 4.90 Å². The van der Waals surface area contributed by atoms with Gasteiger partial charge in [-0.2, -0.15) is 0 Å². The van der Waals surface area contributed by atoms with E-state index in [4.69, 9.17) is 10.5 Å². The summed E-state index contributed by atoms with van der Waals surface area (Å²) in [5, 5.41) is 16.7. The Morgan fingerprint density at radius 1 is 1.10 bits per heavy atom. The van der Waals surface area contributed by atoms with Crippen LogP contribution in [0.15, 0.2) is 18.2 Å². The molecule has 1 aliphatic carbocycles. The van der Waals surface area contributed by atoms with Gasteiger partial charge in [0.05, 0.1) is 6.42 Å². The second-order valence-electron chi connectivity index (χ2n) is 12.0. The number of aromatic hydroxyl groups is 1. The minimum atomic E-state index is -1.39. The molecule has 0 aromatic heterocycles. The maximum absolute atomic E-state index is 14.3. The average Bonchev–Trinajstić information content (AvgIpc) is 2.82. The first-order valence-electron chi connectivity index (χ1n) is 13.8. The van der Waals surface area contributed by atoms with Crippen LogP contribution in [0, 0.1) is 6.92 Å². The number of para-hydroxylation sites is 1. The van der Waals surface area contributed by atoms with Crippen LogP contribution in [0.3, 0.4) is 0 Å². The summed E-state index contributed by atoms with van der Waals surface area (Å²) >= 11 is 0. The Hall–Kier alpha value is -3.30. The molecular weight excluding hydrogens is 500 g/mol. The van der Waals surface area contributed by atoms with Crippen LogP contribution in [0.4, 0.5) is 4.79 Å². The molecule has 39 heavy (non-hydrogen) atoms. The number of nitrogens with two attached hydrogens (primary N) is 1. The number of primary amides is 1. The van der Waals surface area contributed by atoms with Gasteiger partial charge in [0.15, 0.2) is 0 Å². The number of amides is 4. The highest BCUT2D eigenvalue weighted by atomic mass is 16.6. The van der Waals surface area contributed by atoms with Crippen molar-refractivity contribution in [1.29, 1.82) is 0 Å². The van der Waals surface area contributed by atoms with E-state index in [0.717, 1.165) is 32.1 Å². The molecule has 5 N–H and O–H groups in total. The Balaban J connectivity index is 2.63. The van der Waals surface area contributed by atoms with E-state index in [9.17, 15) is 24.3 Å². The fourth-order valence-electron chi connectivity index (χ4n) is 4.79. The number of ether oxygens (including phenoxy) is 1. The molecule has 1 saturated carbocycles. The number of carbonyl (C=O) groups excluding carboxylic acids is 4. The van der Waals surface area contributed by atoms with Gasteiger partial charge in [0, 0.05) is 17.1 Å². The number of hydrogen-bond acceptors (Lipinski definition) is 6. The van der Waals surface area contributed by atoms with Gasteiger partial charge >= 0.3 is 6.09 Å². The lowest BCUT2D eigenvalue weighted by atomic mass is 9.90. The van der Waals surface area contributed by atoms with Gasteiger partial charge in [-0.1, -0.05) is 44.4 Å². The summed E-state index contributed by atoms with van der Waals surface area (Å²) in [5.41, 5.74) is 4.51. The van der Waals surface area contributed by atoms with Gasteiger partial charge in [0.2, 0.25) is 17.7 Å². The number of nitrogens with zero attached hydrogens (tertiary/aromatic N) is 1. The van der Waals surface area contributed by atoms with Crippen LogP contribution >= 0.6 is 0 Å². The summed E-state index contributed by atoms with van der Waals surface area (Å²) in [6.45, 7) is 12.2. The molecule has 1 aliphatic rings. The number of rotatable bonds is 10. The molecule has 2 rings (SSSR count). The molecule has 0 radical (unpaired) electrons. The maximum atomic E-state index is 14.3. The fraction of sp³-hybridized carbons (Fsp3) is 0.655. The van der Waals surface area contributed by atoms with Crippen molar-refractivity contribution in [3.05, 3.63) is 29.3 Å². The first-order chi connectivity index (χ1) is 18.1. The molecule has 0 heterocycles. The molecule has 1 aromatic carbocycles. The van der Waals surface area contributed by atoms with Crippen molar-refractivity contribution in [2.24, 2.45) is 5.73 Å². The monoisotopic (exact) mass is 546 g/mol. The zero-order valence-corrected chi connectivity index (χ0v) is 24.4. The van der Waals surface area contributed by atoms with Crippen molar-refractivity contribution in [3.63, 3.8) is 0 Å². The van der Waals surface area contributed by atoms with Gasteiger partial charge in [0.25, 0.3) is 0 Å². The molecule has 2 atom stereocenters. The van der Waals surface area contributed by atoms with E-state index in [1.807, 2.05) is 6.92 Å². The predicted molar refractivity (Wildman–Crippen MR) is 149 cm³/mol. The summed E-state index contributed by atoms with van der Waals surface area (Å²) in [6.07, 6.45) is 3.80. The Morgan fingerprint density at radius 3 is 2.26 bits per heavy atom. The van der Waals surface area contributed by atoms with E-state index in [2.05, 4.69) is 10.6 Å². The van der Waals surface area contributed by atoms with Crippen LogP contribution in [-0.2, 0) is 19.1 Å². The van der Waals surface area contributed by atoms with Gasteiger partial charge in [-0.05, 0) is 66.4 Å². The molecule has 1 fully saturated rings. The molecule has 0 aliphatic heterocycles. The summed E-state index contributed by atoms with van der Waals surface area (Å²) in [6, 6.07) is 2.37. The molecule has 10 nitrogen and oxygen atoms in total. The lowest BCUT2D eigenvalue weighted by Crippen LogP contribution is -2.60. The Kier molecular flexibility index (Phi) is 10.8. The molecule has 0 bridgehead atoms. The Labute approximate surface area is 232 Å². The van der Waals surface area contributed by atoms with E-state index in [1.54, 1.807) is 59.7 Å². The second kappa shape index (κ2) is 13.2. The van der Waals surface area contributed by atoms with Crippen LogP contribution in [0.5, 0.6) is 5.75 Å². The van der Waals surface area contributed by atoms with Crippen molar-refractivity contribution >= 4 is 23.8 Å². The Morgan fingerprint density at radius 2 is 1.72 bits per heavy atom. The summed E-state index contributed by atoms with van der Waals surface area (Å²) in [5.74, 6) is -2.03. The highest BCUT2D eigenvalue weighted by molar-refractivity contribution is 5.95. The molecule has 218 valence electrons. The third-order valence-corrected chi connectivity index (χ3v) is 7.17. The van der Waals surface area contributed by atoms with Crippen molar-refractivity contribution in [2.75, 3.05) is 0 Å². The maximum Gasteiger partial charge on any atom is 0.408 e. The number of aryl methyl sites for hydroxylation is 1. The highest BCUT2D eigenvalue weighted by Gasteiger charge is 2.44. The highest BCUT2D eigenvalue weighted by Crippen LogP contribution is 2.37. The van der Waals surface area contributed by atoms with Gasteiger partial charge in [-0.15, -0.1) is 0 Å². The molecular formula is C29H46N4O6. The first-order valence-corrected chi connectivity index (χ1v) is 13.8. The third kappa shape index (κ3) is 8.86. The second-order valence-corrected chi connectivity index (χ2v) is 12.0. The zero-order valence-electron chi connectivity index (χ0n) is 24.4. The smallest absolute Gasteiger partial charge is 0.408 e. The number of nitrogens with one attached hydrogen (secondary N) is 2. The fourth-order valence-corrected chi connectivity index (χ4v) is 4.79. The lowest BCUT2D eigenvalue weighted by Gasteiger charge is -2.45. The minimum absolute atomic E-state index is 0.0521. The van der Waals surface area contributed by atoms with E-state index < -0.39 is 53.5 Å². The lowest BCUT2D eigenvalue weighted by molar-refractivity contribution is -0.150. The van der Waals surface area contributed by atoms with Crippen molar-refractivity contribution < 1.29 is 29.0 Å². The molecule has 10 heteroatoms. The van der Waals surface area contributed by atoms with Crippen LogP contribution in [0.1, 0.15) is 104 Å². The molecule has 1 aromatic rings. The minimum Gasteiger partial charge on any atom is -0.507 e. The molecule has 0 saturated heterocycles. The van der Waals surface area contributed by atoms with Crippen LogP contribution < -0.4 is 16.4 Å². The van der Waals surface area contributed by atoms with Crippen LogP contribution in [-0.4, -0.2) is 57.0 Å². The van der Waals surface area contributed by atoms with E-state index >= 15 is 0 Å². The standard InChI is InChI=1S/C29H46N4O6/c1-8-29(6,7)33(26(37)21(17-22(30)34)32-27(38)39-28(3,4)5)23(20-16-12-13-18(2)24(20)35)25(36)31-19-14-10-9-11-15-19/h12-13,16,19,21,23,35H,8-11,14-15,17H2,1-7H3,(H2,30,34)(H,31,36)(H,32,38). The van der Waals surface area contributed by atoms with Crippen LogP contribution in [0.25, 0.3) is 0 Å². The van der Waals surface area contributed by atoms with Crippen molar-refractivity contribution in [2.45, 2.75) is 123 Å². The first kappa shape index (κ1) is 31.9. The van der Waals surface area contributed by atoms with Crippen molar-refractivity contribution in [3.8, 4) is 5.75 Å². The summed E-state index contributed by atoms with van der Waals surface area (Å²) in [7, 11) is 0. The predicted octanol–water partition coefficient (Wildman–Crippen LogP) is 3.98. The van der Waals surface area contributed by atoms with E-state index in [-0.39, 0.29) is 17.4 Å². The quantitative estimate of drug-likeness (QED) is 0.349. The number of phenolic OH excluding ortho intramolecular Hbond substituents is 1. The number of hydrogen-bond donors (Lipinski definition) is 4. The van der Waals surface area contributed by atoms with Gasteiger partial charge in [-0.3, -0.25) is 14.4 Å². The third-order valence-electron chi connectivity index (χ3n) is 7.17. The molecule has 4 amide bonds. The SMILES string of the molecule is CCC(C)(C)N(C(=O)C(CC(N)=O)NC(=O)OC(C)(C)C)C(C(=O)NC1CCCCC1)c1cccc(C)c1O. The number of phenols is 1. The molecule has 2 unspecified atom stereocenters. The average molecular weight is 547 g/mol. The topological polar surface area (TPSA) is 151 Å². The van der Waals surface area contributed by atoms with Gasteiger partial charge in [0.1, 0.15) is 23.4 Å². The largest absolute Gasteiger partial charge is 0.507 e. The van der Waals surface area contributed by atoms with Gasteiger partial charge < -0.3 is 31.1 Å². The Bertz CT molecular complexity index is 1040. The number of carbonyl (C=O) groups is 4. The zero-order chi connectivity index (χ0) is 29.5. The summed E-state index contributed by atoms with van der Waals surface area (Å²) < 4.78 is 5.33. The number of benzene rings is 1. The van der Waals surface area contributed by atoms with Gasteiger partial charge in [-0.25, -0.2) is 4.79 Å². The van der Waals surface area contributed by atoms with Crippen molar-refractivity contribution in [1.82, 2.24) is 15.5 Å². The van der Waals surface area contributed by atoms with Crippen LogP contribution in [0.2, 0.25) is 0 Å². The summed E-state index contributed by atoms with van der Waals surface area (Å²) in [4.78, 5) is 54.3. The number of alkyl carbamates (subject to hydrolysis) is 1.